The van der Waals surface area contributed by atoms with Gasteiger partial charge in [0.15, 0.2) is 12.3 Å². The number of rotatable bonds is 4. The van der Waals surface area contributed by atoms with Crippen LogP contribution in [0.5, 0.6) is 0 Å². The van der Waals surface area contributed by atoms with Crippen LogP contribution in [-0.2, 0) is 9.53 Å². The summed E-state index contributed by atoms with van der Waals surface area (Å²) in [6.07, 6.45) is 3.24. The van der Waals surface area contributed by atoms with Gasteiger partial charge in [0.2, 0.25) is 0 Å². The number of halogens is 1. The standard InChI is InChI=1S/C16H13ClN4O3/c1-10-14(15-18-7-2-8-21(15)20-10)16(23)24-9-13(22)19-12-5-3-11(17)4-6-12/h2-8H,9H2,1H3,(H,19,22). The first-order valence-electron chi connectivity index (χ1n) is 7.07. The smallest absolute Gasteiger partial charge is 0.344 e. The SMILES string of the molecule is Cc1nn2cccnc2c1C(=O)OCC(=O)Nc1ccc(Cl)cc1. The number of esters is 1. The summed E-state index contributed by atoms with van der Waals surface area (Å²) in [5.41, 5.74) is 1.68. The molecule has 0 bridgehead atoms. The third-order valence-electron chi connectivity index (χ3n) is 3.24. The van der Waals surface area contributed by atoms with E-state index in [9.17, 15) is 9.59 Å². The number of hydrogen-bond donors (Lipinski definition) is 1. The van der Waals surface area contributed by atoms with Crippen LogP contribution in [0.4, 0.5) is 5.69 Å². The van der Waals surface area contributed by atoms with Crippen LogP contribution in [0, 0.1) is 6.92 Å². The van der Waals surface area contributed by atoms with Crippen LogP contribution in [0.25, 0.3) is 5.65 Å². The maximum Gasteiger partial charge on any atom is 0.344 e. The zero-order valence-electron chi connectivity index (χ0n) is 12.7. The molecule has 2 heterocycles. The third kappa shape index (κ3) is 3.36. The fourth-order valence-corrected chi connectivity index (χ4v) is 2.30. The van der Waals surface area contributed by atoms with Gasteiger partial charge in [-0.15, -0.1) is 0 Å². The fraction of sp³-hybridized carbons (Fsp3) is 0.125. The molecule has 1 aromatic carbocycles. The van der Waals surface area contributed by atoms with Crippen molar-refractivity contribution in [3.8, 4) is 0 Å². The van der Waals surface area contributed by atoms with E-state index in [0.29, 0.717) is 22.1 Å². The summed E-state index contributed by atoms with van der Waals surface area (Å²) < 4.78 is 6.55. The minimum atomic E-state index is -0.646. The average molecular weight is 345 g/mol. The Morgan fingerprint density at radius 2 is 2.04 bits per heavy atom. The van der Waals surface area contributed by atoms with Crippen molar-refractivity contribution in [2.75, 3.05) is 11.9 Å². The molecule has 0 aliphatic heterocycles. The van der Waals surface area contributed by atoms with Crippen LogP contribution in [0.15, 0.2) is 42.7 Å². The summed E-state index contributed by atoms with van der Waals surface area (Å²) in [6, 6.07) is 8.31. The summed E-state index contributed by atoms with van der Waals surface area (Å²) in [4.78, 5) is 28.2. The minimum absolute atomic E-state index is 0.245. The molecular weight excluding hydrogens is 332 g/mol. The van der Waals surface area contributed by atoms with Crippen molar-refractivity contribution in [1.82, 2.24) is 14.6 Å². The summed E-state index contributed by atoms with van der Waals surface area (Å²) in [6.45, 7) is 1.27. The molecule has 0 unspecified atom stereocenters. The number of nitrogens with zero attached hydrogens (tertiary/aromatic N) is 3. The normalized spacial score (nSPS) is 10.6. The molecule has 1 amide bonds. The van der Waals surface area contributed by atoms with E-state index >= 15 is 0 Å². The van der Waals surface area contributed by atoms with Crippen LogP contribution >= 0.6 is 11.6 Å². The number of benzene rings is 1. The fourth-order valence-electron chi connectivity index (χ4n) is 2.17. The molecule has 24 heavy (non-hydrogen) atoms. The van der Waals surface area contributed by atoms with Crippen molar-refractivity contribution in [3.05, 3.63) is 59.0 Å². The minimum Gasteiger partial charge on any atom is -0.452 e. The van der Waals surface area contributed by atoms with E-state index in [4.69, 9.17) is 16.3 Å². The van der Waals surface area contributed by atoms with Crippen molar-refractivity contribution in [2.45, 2.75) is 6.92 Å². The van der Waals surface area contributed by atoms with Gasteiger partial charge in [-0.2, -0.15) is 5.10 Å². The number of aryl methyl sites for hydroxylation is 1. The van der Waals surface area contributed by atoms with Crippen molar-refractivity contribution in [2.24, 2.45) is 0 Å². The average Bonchev–Trinajstić information content (AvgIpc) is 2.90. The van der Waals surface area contributed by atoms with Gasteiger partial charge in [-0.05, 0) is 37.3 Å². The molecular formula is C16H13ClN4O3. The Balaban J connectivity index is 1.65. The maximum atomic E-state index is 12.2. The molecule has 0 aliphatic rings. The molecule has 0 radical (unpaired) electrons. The summed E-state index contributed by atoms with van der Waals surface area (Å²) in [5.74, 6) is -1.10. The summed E-state index contributed by atoms with van der Waals surface area (Å²) in [7, 11) is 0. The number of nitrogens with one attached hydrogen (secondary N) is 1. The molecule has 0 fully saturated rings. The van der Waals surface area contributed by atoms with Crippen molar-refractivity contribution in [3.63, 3.8) is 0 Å². The highest BCUT2D eigenvalue weighted by Crippen LogP contribution is 2.15. The molecule has 0 saturated heterocycles. The molecule has 122 valence electrons. The molecule has 7 nitrogen and oxygen atoms in total. The largest absolute Gasteiger partial charge is 0.452 e. The lowest BCUT2D eigenvalue weighted by atomic mass is 10.2. The van der Waals surface area contributed by atoms with Gasteiger partial charge in [0.25, 0.3) is 5.91 Å². The van der Waals surface area contributed by atoms with Crippen LogP contribution < -0.4 is 5.32 Å². The highest BCUT2D eigenvalue weighted by molar-refractivity contribution is 6.30. The lowest BCUT2D eigenvalue weighted by Gasteiger charge is -2.06. The van der Waals surface area contributed by atoms with E-state index in [1.165, 1.54) is 4.52 Å². The number of carbonyl (C=O) groups is 2. The highest BCUT2D eigenvalue weighted by Gasteiger charge is 2.20. The maximum absolute atomic E-state index is 12.2. The van der Waals surface area contributed by atoms with E-state index in [1.54, 1.807) is 49.6 Å². The molecule has 3 aromatic rings. The second kappa shape index (κ2) is 6.67. The van der Waals surface area contributed by atoms with Crippen molar-refractivity contribution < 1.29 is 14.3 Å². The molecule has 2 aromatic heterocycles. The third-order valence-corrected chi connectivity index (χ3v) is 3.49. The number of ether oxygens (including phenoxy) is 1. The number of amides is 1. The number of anilines is 1. The molecule has 0 saturated carbocycles. The van der Waals surface area contributed by atoms with E-state index in [1.807, 2.05) is 0 Å². The van der Waals surface area contributed by atoms with Crippen molar-refractivity contribution >= 4 is 34.8 Å². The van der Waals surface area contributed by atoms with Crippen LogP contribution in [0.1, 0.15) is 16.1 Å². The van der Waals surface area contributed by atoms with Crippen LogP contribution in [0.3, 0.4) is 0 Å². The van der Waals surface area contributed by atoms with Gasteiger partial charge in [0.1, 0.15) is 5.56 Å². The van der Waals surface area contributed by atoms with E-state index in [-0.39, 0.29) is 5.56 Å². The molecule has 8 heteroatoms. The number of aromatic nitrogens is 3. The predicted molar refractivity (Wildman–Crippen MR) is 88.1 cm³/mol. The van der Waals surface area contributed by atoms with E-state index < -0.39 is 18.5 Å². The molecule has 0 atom stereocenters. The summed E-state index contributed by atoms with van der Waals surface area (Å²) in [5, 5.41) is 7.35. The number of fused-ring (bicyclic) bond motifs is 1. The monoisotopic (exact) mass is 344 g/mol. The van der Waals surface area contributed by atoms with Gasteiger partial charge < -0.3 is 10.1 Å². The lowest BCUT2D eigenvalue weighted by Crippen LogP contribution is -2.21. The van der Waals surface area contributed by atoms with Gasteiger partial charge in [0, 0.05) is 23.1 Å². The van der Waals surface area contributed by atoms with Gasteiger partial charge in [-0.25, -0.2) is 14.3 Å². The first kappa shape index (κ1) is 15.9. The Bertz CT molecular complexity index is 905. The van der Waals surface area contributed by atoms with Crippen molar-refractivity contribution in [1.29, 1.82) is 0 Å². The molecule has 1 N–H and O–H groups in total. The Morgan fingerprint density at radius 3 is 2.79 bits per heavy atom. The van der Waals surface area contributed by atoms with E-state index in [0.717, 1.165) is 0 Å². The Morgan fingerprint density at radius 1 is 1.29 bits per heavy atom. The van der Waals surface area contributed by atoms with Gasteiger partial charge in [-0.1, -0.05) is 11.6 Å². The lowest BCUT2D eigenvalue weighted by molar-refractivity contribution is -0.119. The van der Waals surface area contributed by atoms with E-state index in [2.05, 4.69) is 15.4 Å². The first-order chi connectivity index (χ1) is 11.5. The zero-order valence-corrected chi connectivity index (χ0v) is 13.4. The quantitative estimate of drug-likeness (QED) is 0.735. The Kier molecular flexibility index (Phi) is 4.43. The van der Waals surface area contributed by atoms with Gasteiger partial charge >= 0.3 is 5.97 Å². The second-order valence-corrected chi connectivity index (χ2v) is 5.42. The number of hydrogen-bond acceptors (Lipinski definition) is 5. The molecule has 3 rings (SSSR count). The molecule has 0 spiro atoms. The van der Waals surface area contributed by atoms with Crippen LogP contribution in [0.2, 0.25) is 5.02 Å². The second-order valence-electron chi connectivity index (χ2n) is 4.98. The van der Waals surface area contributed by atoms with Gasteiger partial charge in [-0.3, -0.25) is 4.79 Å². The Hall–Kier alpha value is -2.93. The number of carbonyl (C=O) groups excluding carboxylic acids is 2. The topological polar surface area (TPSA) is 85.6 Å². The summed E-state index contributed by atoms with van der Waals surface area (Å²) >= 11 is 5.77. The molecule has 0 aliphatic carbocycles. The first-order valence-corrected chi connectivity index (χ1v) is 7.45. The zero-order chi connectivity index (χ0) is 17.1. The Labute approximate surface area is 142 Å². The van der Waals surface area contributed by atoms with Gasteiger partial charge in [0.05, 0.1) is 5.69 Å². The highest BCUT2D eigenvalue weighted by atomic mass is 35.5. The van der Waals surface area contributed by atoms with Crippen LogP contribution in [-0.4, -0.2) is 33.1 Å². The predicted octanol–water partition coefficient (Wildman–Crippen LogP) is 2.49.